The summed E-state index contributed by atoms with van der Waals surface area (Å²) < 4.78 is 6.65. The minimum absolute atomic E-state index is 0.132. The molecule has 0 radical (unpaired) electrons. The number of nitrogens with one attached hydrogen (secondary N) is 1. The molecule has 2 aromatic rings. The highest BCUT2D eigenvalue weighted by Crippen LogP contribution is 2.19. The number of carbonyl (C=O) groups excluding carboxylic acids is 2. The molecule has 0 spiro atoms. The molecule has 1 atom stereocenters. The first-order valence-corrected chi connectivity index (χ1v) is 6.55. The Labute approximate surface area is 121 Å². The summed E-state index contributed by atoms with van der Waals surface area (Å²) in [5, 5.41) is 16.5. The van der Waals surface area contributed by atoms with Crippen molar-refractivity contribution < 1.29 is 19.1 Å². The Bertz CT molecular complexity index is 628. The van der Waals surface area contributed by atoms with Crippen molar-refractivity contribution in [2.24, 2.45) is 0 Å². The van der Waals surface area contributed by atoms with Crippen LogP contribution in [0.25, 0.3) is 0 Å². The highest BCUT2D eigenvalue weighted by molar-refractivity contribution is 6.42. The molecular formula is C14H17N3O4. The minimum Gasteiger partial charge on any atom is -0.466 e. The lowest BCUT2D eigenvalue weighted by molar-refractivity contribution is -0.118. The quantitative estimate of drug-likeness (QED) is 0.603. The standard InChI is InChI=1S/C14H17N3O4/c1-3-17-8-10(7-16-17)12(18)13(19)15-9-14(2,20)11-5-4-6-21-11/h4-8,20H,3,9H2,1-2H3,(H,15,19). The molecule has 0 fully saturated rings. The molecular weight excluding hydrogens is 274 g/mol. The Kier molecular flexibility index (Phi) is 4.23. The third-order valence-corrected chi connectivity index (χ3v) is 3.07. The number of hydrogen-bond donors (Lipinski definition) is 2. The molecule has 0 aliphatic rings. The Morgan fingerprint density at radius 2 is 2.29 bits per heavy atom. The third-order valence-electron chi connectivity index (χ3n) is 3.07. The van der Waals surface area contributed by atoms with Crippen LogP contribution in [-0.4, -0.2) is 33.1 Å². The van der Waals surface area contributed by atoms with Gasteiger partial charge >= 0.3 is 0 Å². The fourth-order valence-corrected chi connectivity index (χ4v) is 1.79. The maximum Gasteiger partial charge on any atom is 0.292 e. The first-order chi connectivity index (χ1) is 9.94. The van der Waals surface area contributed by atoms with Crippen LogP contribution in [0, 0.1) is 0 Å². The van der Waals surface area contributed by atoms with Crippen molar-refractivity contribution in [2.45, 2.75) is 26.0 Å². The van der Waals surface area contributed by atoms with Crippen LogP contribution in [0.15, 0.2) is 35.2 Å². The largest absolute Gasteiger partial charge is 0.466 e. The Hall–Kier alpha value is -2.41. The maximum absolute atomic E-state index is 11.9. The minimum atomic E-state index is -1.38. The molecule has 7 nitrogen and oxygen atoms in total. The van der Waals surface area contributed by atoms with Gasteiger partial charge in [-0.25, -0.2) is 0 Å². The van der Waals surface area contributed by atoms with Gasteiger partial charge in [0.05, 0.1) is 24.6 Å². The van der Waals surface area contributed by atoms with Crippen LogP contribution in [0.5, 0.6) is 0 Å². The van der Waals surface area contributed by atoms with Gasteiger partial charge in [0.2, 0.25) is 0 Å². The number of aromatic nitrogens is 2. The molecule has 0 aliphatic heterocycles. The van der Waals surface area contributed by atoms with E-state index in [1.165, 1.54) is 25.6 Å². The number of carbonyl (C=O) groups is 2. The molecule has 0 aromatic carbocycles. The van der Waals surface area contributed by atoms with E-state index in [4.69, 9.17) is 4.42 Å². The molecule has 21 heavy (non-hydrogen) atoms. The van der Waals surface area contributed by atoms with Gasteiger partial charge in [-0.3, -0.25) is 14.3 Å². The number of aliphatic hydroxyl groups is 1. The normalized spacial score (nSPS) is 13.7. The first-order valence-electron chi connectivity index (χ1n) is 6.55. The zero-order valence-electron chi connectivity index (χ0n) is 11.9. The lowest BCUT2D eigenvalue weighted by Gasteiger charge is -2.20. The molecule has 2 heterocycles. The summed E-state index contributed by atoms with van der Waals surface area (Å²) in [7, 11) is 0. The number of furan rings is 1. The van der Waals surface area contributed by atoms with Crippen LogP contribution < -0.4 is 5.32 Å². The van der Waals surface area contributed by atoms with E-state index in [0.717, 1.165) is 0 Å². The second-order valence-corrected chi connectivity index (χ2v) is 4.85. The average Bonchev–Trinajstić information content (AvgIpc) is 3.14. The van der Waals surface area contributed by atoms with E-state index in [9.17, 15) is 14.7 Å². The number of Topliss-reactive ketones (excluding diaryl/α,β-unsaturated/α-hetero) is 1. The lowest BCUT2D eigenvalue weighted by Crippen LogP contribution is -2.41. The zero-order valence-corrected chi connectivity index (χ0v) is 11.9. The van der Waals surface area contributed by atoms with Gasteiger partial charge in [-0.2, -0.15) is 5.10 Å². The molecule has 112 valence electrons. The fraction of sp³-hybridized carbons (Fsp3) is 0.357. The summed E-state index contributed by atoms with van der Waals surface area (Å²) in [6, 6.07) is 3.23. The fourth-order valence-electron chi connectivity index (χ4n) is 1.79. The molecule has 1 unspecified atom stereocenters. The molecule has 0 saturated carbocycles. The summed E-state index contributed by atoms with van der Waals surface area (Å²) in [5.41, 5.74) is -1.17. The Balaban J connectivity index is 1.97. The van der Waals surface area contributed by atoms with Gasteiger partial charge in [0.15, 0.2) is 0 Å². The zero-order chi connectivity index (χ0) is 15.5. The van der Waals surface area contributed by atoms with Crippen molar-refractivity contribution in [3.05, 3.63) is 42.1 Å². The summed E-state index contributed by atoms with van der Waals surface area (Å²) in [5.74, 6) is -1.17. The molecule has 2 aromatic heterocycles. The van der Waals surface area contributed by atoms with Crippen LogP contribution >= 0.6 is 0 Å². The van der Waals surface area contributed by atoms with E-state index in [-0.39, 0.29) is 12.1 Å². The van der Waals surface area contributed by atoms with E-state index >= 15 is 0 Å². The van der Waals surface area contributed by atoms with Gasteiger partial charge in [0.25, 0.3) is 11.7 Å². The van der Waals surface area contributed by atoms with Crippen LogP contribution in [0.2, 0.25) is 0 Å². The van der Waals surface area contributed by atoms with Crippen molar-refractivity contribution in [3.63, 3.8) is 0 Å². The molecule has 2 N–H and O–H groups in total. The second-order valence-electron chi connectivity index (χ2n) is 4.85. The number of hydrogen-bond acceptors (Lipinski definition) is 5. The maximum atomic E-state index is 11.9. The van der Waals surface area contributed by atoms with E-state index in [1.54, 1.807) is 16.8 Å². The van der Waals surface area contributed by atoms with Gasteiger partial charge in [0.1, 0.15) is 11.4 Å². The highest BCUT2D eigenvalue weighted by Gasteiger charge is 2.28. The van der Waals surface area contributed by atoms with Gasteiger partial charge in [-0.15, -0.1) is 0 Å². The summed E-state index contributed by atoms with van der Waals surface area (Å²) in [4.78, 5) is 23.7. The molecule has 0 saturated heterocycles. The van der Waals surface area contributed by atoms with E-state index in [2.05, 4.69) is 10.4 Å². The van der Waals surface area contributed by atoms with Crippen LogP contribution in [0.1, 0.15) is 30.0 Å². The Morgan fingerprint density at radius 1 is 1.52 bits per heavy atom. The van der Waals surface area contributed by atoms with Gasteiger partial charge in [-0.05, 0) is 26.0 Å². The predicted octanol–water partition coefficient (Wildman–Crippen LogP) is 0.703. The SMILES string of the molecule is CCn1cc(C(=O)C(=O)NCC(C)(O)c2ccco2)cn1. The van der Waals surface area contributed by atoms with Crippen LogP contribution in [0.4, 0.5) is 0 Å². The molecule has 0 bridgehead atoms. The smallest absolute Gasteiger partial charge is 0.292 e. The number of amides is 1. The monoisotopic (exact) mass is 291 g/mol. The highest BCUT2D eigenvalue weighted by atomic mass is 16.4. The van der Waals surface area contributed by atoms with Gasteiger partial charge < -0.3 is 14.8 Å². The van der Waals surface area contributed by atoms with Gasteiger partial charge in [0, 0.05) is 12.7 Å². The summed E-state index contributed by atoms with van der Waals surface area (Å²) in [6.07, 6.45) is 4.28. The first kappa shape index (κ1) is 15.0. The van der Waals surface area contributed by atoms with E-state index in [0.29, 0.717) is 12.3 Å². The van der Waals surface area contributed by atoms with Crippen molar-refractivity contribution in [1.82, 2.24) is 15.1 Å². The predicted molar refractivity (Wildman–Crippen MR) is 73.5 cm³/mol. The number of nitrogens with zero attached hydrogens (tertiary/aromatic N) is 2. The van der Waals surface area contributed by atoms with Crippen molar-refractivity contribution in [1.29, 1.82) is 0 Å². The number of aryl methyl sites for hydroxylation is 1. The molecule has 0 aliphatic carbocycles. The molecule has 2 rings (SSSR count). The van der Waals surface area contributed by atoms with Crippen LogP contribution in [0.3, 0.4) is 0 Å². The molecule has 7 heteroatoms. The van der Waals surface area contributed by atoms with Crippen molar-refractivity contribution in [2.75, 3.05) is 6.54 Å². The summed E-state index contributed by atoms with van der Waals surface area (Å²) in [6.45, 7) is 3.85. The second kappa shape index (κ2) is 5.92. The van der Waals surface area contributed by atoms with Crippen LogP contribution in [-0.2, 0) is 16.9 Å². The lowest BCUT2D eigenvalue weighted by atomic mass is 10.0. The summed E-state index contributed by atoms with van der Waals surface area (Å²) >= 11 is 0. The van der Waals surface area contributed by atoms with Crippen molar-refractivity contribution in [3.8, 4) is 0 Å². The molecule has 1 amide bonds. The van der Waals surface area contributed by atoms with E-state index < -0.39 is 17.3 Å². The number of rotatable bonds is 6. The van der Waals surface area contributed by atoms with E-state index in [1.807, 2.05) is 6.92 Å². The van der Waals surface area contributed by atoms with Gasteiger partial charge in [-0.1, -0.05) is 0 Å². The average molecular weight is 291 g/mol. The topological polar surface area (TPSA) is 97.4 Å². The Morgan fingerprint density at radius 3 is 2.86 bits per heavy atom. The van der Waals surface area contributed by atoms with Crippen molar-refractivity contribution >= 4 is 11.7 Å². The third kappa shape index (κ3) is 3.38. The number of ketones is 1.